The van der Waals surface area contributed by atoms with E-state index in [9.17, 15) is 22.8 Å². The van der Waals surface area contributed by atoms with Crippen molar-refractivity contribution in [2.45, 2.75) is 12.8 Å². The molecule has 0 unspecified atom stereocenters. The fourth-order valence-corrected chi connectivity index (χ4v) is 3.22. The van der Waals surface area contributed by atoms with Gasteiger partial charge in [0.1, 0.15) is 5.92 Å². The van der Waals surface area contributed by atoms with E-state index in [1.165, 1.54) is 30.1 Å². The van der Waals surface area contributed by atoms with Gasteiger partial charge in [0, 0.05) is 25.2 Å². The molecule has 2 aromatic rings. The van der Waals surface area contributed by atoms with Crippen molar-refractivity contribution in [3.63, 3.8) is 0 Å². The quantitative estimate of drug-likeness (QED) is 0.674. The van der Waals surface area contributed by atoms with Crippen molar-refractivity contribution in [3.8, 4) is 0 Å². The van der Waals surface area contributed by atoms with Crippen LogP contribution in [-0.2, 0) is 9.59 Å². The van der Waals surface area contributed by atoms with Crippen LogP contribution in [0.5, 0.6) is 0 Å². The Balaban J connectivity index is 1.93. The zero-order valence-corrected chi connectivity index (χ0v) is 14.1. The van der Waals surface area contributed by atoms with Gasteiger partial charge in [-0.05, 0) is 30.7 Å². The minimum Gasteiger partial charge on any atom is -0.344 e. The molecule has 2 atom stereocenters. The van der Waals surface area contributed by atoms with E-state index in [2.05, 4.69) is 10.3 Å². The third-order valence-electron chi connectivity index (χ3n) is 4.50. The molecule has 0 saturated carbocycles. The molecule has 136 valence electrons. The fourth-order valence-electron chi connectivity index (χ4n) is 3.22. The molecule has 26 heavy (non-hydrogen) atoms. The highest BCUT2D eigenvalue weighted by atomic mass is 19.2. The van der Waals surface area contributed by atoms with Crippen molar-refractivity contribution in [1.29, 1.82) is 0 Å². The first-order chi connectivity index (χ1) is 12.3. The molecule has 1 aliphatic heterocycles. The summed E-state index contributed by atoms with van der Waals surface area (Å²) in [7, 11) is 1.54. The number of likely N-dealkylation sites (tertiary alicyclic amines) is 1. The molecule has 2 heterocycles. The molecule has 5 nitrogen and oxygen atoms in total. The Kier molecular flexibility index (Phi) is 4.67. The van der Waals surface area contributed by atoms with Crippen molar-refractivity contribution in [2.24, 2.45) is 5.92 Å². The molecule has 0 aliphatic carbocycles. The standard InChI is InChI=1S/C18H16F3N3O2/c1-9-10(6-7-14(20)22-9)11-8-24(2)18(26)15(11)17(25)23-13-5-3-4-12(19)16(13)21/h3-7,11,15H,8H2,1-2H3,(H,23,25)/t11-,15+/m0/s1. The summed E-state index contributed by atoms with van der Waals surface area (Å²) in [6.07, 6.45) is 0. The highest BCUT2D eigenvalue weighted by Crippen LogP contribution is 2.35. The number of aryl methyl sites for hydroxylation is 1. The van der Waals surface area contributed by atoms with E-state index in [1.54, 1.807) is 6.92 Å². The topological polar surface area (TPSA) is 62.3 Å². The van der Waals surface area contributed by atoms with Gasteiger partial charge in [0.2, 0.25) is 17.8 Å². The van der Waals surface area contributed by atoms with Crippen LogP contribution in [0, 0.1) is 30.4 Å². The van der Waals surface area contributed by atoms with Crippen LogP contribution in [0.4, 0.5) is 18.9 Å². The number of likely N-dealkylation sites (N-methyl/N-ethyl adjacent to an activating group) is 1. The number of amides is 2. The number of nitrogens with one attached hydrogen (secondary N) is 1. The Hall–Kier alpha value is -2.90. The maximum atomic E-state index is 13.8. The number of pyridine rings is 1. The highest BCUT2D eigenvalue weighted by molar-refractivity contribution is 6.08. The molecule has 8 heteroatoms. The number of aromatic nitrogens is 1. The van der Waals surface area contributed by atoms with Gasteiger partial charge in [0.15, 0.2) is 11.6 Å². The van der Waals surface area contributed by atoms with Crippen molar-refractivity contribution < 1.29 is 22.8 Å². The Labute approximate surface area is 147 Å². The second-order valence-corrected chi connectivity index (χ2v) is 6.20. The SMILES string of the molecule is Cc1nc(F)ccc1[C@@H]1CN(C)C(=O)[C@H]1C(=O)Nc1cccc(F)c1F. The highest BCUT2D eigenvalue weighted by Gasteiger charge is 2.45. The number of carbonyl (C=O) groups is 2. The average molecular weight is 363 g/mol. The smallest absolute Gasteiger partial charge is 0.237 e. The fraction of sp³-hybridized carbons (Fsp3) is 0.278. The summed E-state index contributed by atoms with van der Waals surface area (Å²) < 4.78 is 40.4. The Morgan fingerprint density at radius 3 is 2.65 bits per heavy atom. The van der Waals surface area contributed by atoms with Crippen LogP contribution in [0.25, 0.3) is 0 Å². The first kappa shape index (κ1) is 17.9. The van der Waals surface area contributed by atoms with Crippen LogP contribution in [0.1, 0.15) is 17.2 Å². The lowest BCUT2D eigenvalue weighted by molar-refractivity contribution is -0.135. The lowest BCUT2D eigenvalue weighted by Gasteiger charge is -2.18. The lowest BCUT2D eigenvalue weighted by atomic mass is 9.87. The molecular formula is C18H16F3N3O2. The molecule has 1 aromatic heterocycles. The zero-order valence-electron chi connectivity index (χ0n) is 14.1. The van der Waals surface area contributed by atoms with Gasteiger partial charge in [-0.25, -0.2) is 13.8 Å². The number of rotatable bonds is 3. The average Bonchev–Trinajstić information content (AvgIpc) is 2.87. The Bertz CT molecular complexity index is 888. The molecule has 0 radical (unpaired) electrons. The van der Waals surface area contributed by atoms with Gasteiger partial charge in [-0.15, -0.1) is 0 Å². The number of hydrogen-bond acceptors (Lipinski definition) is 3. The van der Waals surface area contributed by atoms with E-state index in [-0.39, 0.29) is 12.2 Å². The Morgan fingerprint density at radius 2 is 1.96 bits per heavy atom. The van der Waals surface area contributed by atoms with Gasteiger partial charge in [-0.1, -0.05) is 12.1 Å². The summed E-state index contributed by atoms with van der Waals surface area (Å²) in [6, 6.07) is 6.03. The number of anilines is 1. The molecular weight excluding hydrogens is 347 g/mol. The summed E-state index contributed by atoms with van der Waals surface area (Å²) in [6.45, 7) is 1.82. The van der Waals surface area contributed by atoms with Crippen molar-refractivity contribution in [3.05, 3.63) is 59.2 Å². The number of benzene rings is 1. The maximum Gasteiger partial charge on any atom is 0.237 e. The van der Waals surface area contributed by atoms with Gasteiger partial charge in [0.05, 0.1) is 5.69 Å². The Morgan fingerprint density at radius 1 is 1.23 bits per heavy atom. The predicted molar refractivity (Wildman–Crippen MR) is 87.8 cm³/mol. The summed E-state index contributed by atoms with van der Waals surface area (Å²) in [5.41, 5.74) is 0.585. The number of carbonyl (C=O) groups excluding carboxylic acids is 2. The molecule has 2 amide bonds. The third kappa shape index (κ3) is 3.14. The van der Waals surface area contributed by atoms with Gasteiger partial charge in [-0.2, -0.15) is 4.39 Å². The minimum atomic E-state index is -1.20. The molecule has 1 saturated heterocycles. The second-order valence-electron chi connectivity index (χ2n) is 6.20. The molecule has 1 aliphatic rings. The molecule has 1 fully saturated rings. The summed E-state index contributed by atoms with van der Waals surface area (Å²) >= 11 is 0. The van der Waals surface area contributed by atoms with E-state index in [1.807, 2.05) is 0 Å². The van der Waals surface area contributed by atoms with E-state index >= 15 is 0 Å². The van der Waals surface area contributed by atoms with E-state index in [0.717, 1.165) is 12.1 Å². The summed E-state index contributed by atoms with van der Waals surface area (Å²) in [5.74, 6) is -5.88. The van der Waals surface area contributed by atoms with Crippen molar-refractivity contribution in [1.82, 2.24) is 9.88 Å². The number of hydrogen-bond donors (Lipinski definition) is 1. The lowest BCUT2D eigenvalue weighted by Crippen LogP contribution is -2.33. The van der Waals surface area contributed by atoms with E-state index in [0.29, 0.717) is 11.3 Å². The second kappa shape index (κ2) is 6.78. The molecule has 0 spiro atoms. The minimum absolute atomic E-state index is 0.233. The van der Waals surface area contributed by atoms with Crippen LogP contribution in [0.2, 0.25) is 0 Å². The molecule has 3 rings (SSSR count). The number of nitrogens with zero attached hydrogens (tertiary/aromatic N) is 2. The summed E-state index contributed by atoms with van der Waals surface area (Å²) in [5, 5.41) is 2.28. The van der Waals surface area contributed by atoms with Gasteiger partial charge in [0.25, 0.3) is 0 Å². The van der Waals surface area contributed by atoms with Crippen molar-refractivity contribution in [2.75, 3.05) is 18.9 Å². The normalized spacial score (nSPS) is 19.7. The third-order valence-corrected chi connectivity index (χ3v) is 4.50. The molecule has 1 aromatic carbocycles. The first-order valence-electron chi connectivity index (χ1n) is 7.92. The van der Waals surface area contributed by atoms with Crippen LogP contribution >= 0.6 is 0 Å². The van der Waals surface area contributed by atoms with Crippen LogP contribution in [0.3, 0.4) is 0 Å². The van der Waals surface area contributed by atoms with Crippen LogP contribution in [0.15, 0.2) is 30.3 Å². The first-order valence-corrected chi connectivity index (χ1v) is 7.92. The predicted octanol–water partition coefficient (Wildman–Crippen LogP) is 2.62. The number of halogens is 3. The van der Waals surface area contributed by atoms with Crippen LogP contribution < -0.4 is 5.32 Å². The van der Waals surface area contributed by atoms with Gasteiger partial charge in [-0.3, -0.25) is 9.59 Å². The molecule has 0 bridgehead atoms. The van der Waals surface area contributed by atoms with Gasteiger partial charge < -0.3 is 10.2 Å². The van der Waals surface area contributed by atoms with E-state index < -0.39 is 41.2 Å². The molecule has 1 N–H and O–H groups in total. The van der Waals surface area contributed by atoms with E-state index in [4.69, 9.17) is 0 Å². The zero-order chi connectivity index (χ0) is 19.0. The monoisotopic (exact) mass is 363 g/mol. The van der Waals surface area contributed by atoms with Crippen molar-refractivity contribution >= 4 is 17.5 Å². The summed E-state index contributed by atoms with van der Waals surface area (Å²) in [4.78, 5) is 30.2. The van der Waals surface area contributed by atoms with Crippen LogP contribution in [-0.4, -0.2) is 35.3 Å². The largest absolute Gasteiger partial charge is 0.344 e. The van der Waals surface area contributed by atoms with Gasteiger partial charge >= 0.3 is 0 Å². The maximum absolute atomic E-state index is 13.8.